The lowest BCUT2D eigenvalue weighted by Gasteiger charge is -2.18. The highest BCUT2D eigenvalue weighted by Crippen LogP contribution is 2.37. The molecule has 8 heteroatoms. The molecular formula is C23H24N4O3S. The Bertz CT molecular complexity index is 1240. The summed E-state index contributed by atoms with van der Waals surface area (Å²) in [5, 5.41) is 10.9. The fraction of sp³-hybridized carbons (Fsp3) is 0.261. The van der Waals surface area contributed by atoms with Crippen LogP contribution >= 0.6 is 0 Å². The first kappa shape index (κ1) is 19.8. The molecule has 0 saturated carbocycles. The van der Waals surface area contributed by atoms with E-state index in [1.807, 2.05) is 36.4 Å². The van der Waals surface area contributed by atoms with Gasteiger partial charge in [-0.2, -0.15) is 9.40 Å². The number of aromatic nitrogens is 2. The van der Waals surface area contributed by atoms with E-state index in [-0.39, 0.29) is 0 Å². The number of hydrogen-bond donors (Lipinski definition) is 2. The Morgan fingerprint density at radius 2 is 1.77 bits per heavy atom. The molecule has 3 aromatic rings. The summed E-state index contributed by atoms with van der Waals surface area (Å²) in [6.07, 6.45) is 3.95. The summed E-state index contributed by atoms with van der Waals surface area (Å²) >= 11 is 0. The number of H-pyrrole nitrogens is 1. The zero-order chi connectivity index (χ0) is 21.4. The van der Waals surface area contributed by atoms with Crippen LogP contribution in [0.2, 0.25) is 0 Å². The fourth-order valence-corrected chi connectivity index (χ4v) is 5.71. The number of anilines is 1. The van der Waals surface area contributed by atoms with Crippen LogP contribution in [-0.2, 0) is 10.0 Å². The summed E-state index contributed by atoms with van der Waals surface area (Å²) < 4.78 is 32.7. The first-order valence-electron chi connectivity index (χ1n) is 10.3. The molecular weight excluding hydrogens is 412 g/mol. The second kappa shape index (κ2) is 7.86. The molecule has 0 bridgehead atoms. The Morgan fingerprint density at radius 3 is 2.52 bits per heavy atom. The second-order valence-corrected chi connectivity index (χ2v) is 9.66. The molecule has 2 N–H and O–H groups in total. The zero-order valence-corrected chi connectivity index (χ0v) is 18.1. The topological polar surface area (TPSA) is 87.3 Å². The van der Waals surface area contributed by atoms with Gasteiger partial charge in [-0.05, 0) is 54.3 Å². The lowest BCUT2D eigenvalue weighted by Crippen LogP contribution is -2.27. The second-order valence-electron chi connectivity index (χ2n) is 7.72. The van der Waals surface area contributed by atoms with E-state index in [0.717, 1.165) is 52.4 Å². The molecule has 2 aromatic carbocycles. The van der Waals surface area contributed by atoms with Crippen molar-refractivity contribution in [1.29, 1.82) is 0 Å². The number of hydrogen-bond acceptors (Lipinski definition) is 5. The summed E-state index contributed by atoms with van der Waals surface area (Å²) in [7, 11) is -1.76. The van der Waals surface area contributed by atoms with Gasteiger partial charge in [-0.15, -0.1) is 0 Å². The maximum absolute atomic E-state index is 12.8. The van der Waals surface area contributed by atoms with E-state index in [9.17, 15) is 8.42 Å². The number of benzene rings is 2. The highest BCUT2D eigenvalue weighted by molar-refractivity contribution is 7.89. The highest BCUT2D eigenvalue weighted by Gasteiger charge is 2.27. The Balaban J connectivity index is 1.48. The van der Waals surface area contributed by atoms with E-state index in [1.165, 1.54) is 0 Å². The van der Waals surface area contributed by atoms with Gasteiger partial charge in [0, 0.05) is 30.8 Å². The van der Waals surface area contributed by atoms with Crippen LogP contribution in [0.25, 0.3) is 22.9 Å². The molecule has 2 aliphatic rings. The van der Waals surface area contributed by atoms with Crippen LogP contribution in [0.1, 0.15) is 24.0 Å². The first-order valence-corrected chi connectivity index (χ1v) is 11.8. The third kappa shape index (κ3) is 3.51. The van der Waals surface area contributed by atoms with Crippen molar-refractivity contribution >= 4 is 27.5 Å². The van der Waals surface area contributed by atoms with Crippen molar-refractivity contribution in [3.05, 3.63) is 59.7 Å². The number of aromatic amines is 1. The number of nitrogens with one attached hydrogen (secondary N) is 2. The molecule has 5 rings (SSSR count). The number of rotatable bonds is 5. The Kier molecular flexibility index (Phi) is 5.03. The van der Waals surface area contributed by atoms with Crippen LogP contribution in [0, 0.1) is 0 Å². The van der Waals surface area contributed by atoms with Gasteiger partial charge in [-0.3, -0.25) is 5.10 Å². The van der Waals surface area contributed by atoms with E-state index in [1.54, 1.807) is 23.5 Å². The SMILES string of the molecule is COc1ccccc1-c1[nH]nc2c1C=C(c1ccc(S(=O)(=O)N3CCCC3)cc1)CN2. The minimum absolute atomic E-state index is 0.348. The van der Waals surface area contributed by atoms with Gasteiger partial charge in [0.15, 0.2) is 5.82 Å². The van der Waals surface area contributed by atoms with E-state index in [0.29, 0.717) is 24.5 Å². The van der Waals surface area contributed by atoms with Crippen molar-refractivity contribution in [3.63, 3.8) is 0 Å². The summed E-state index contributed by atoms with van der Waals surface area (Å²) in [6.45, 7) is 1.82. The standard InChI is InChI=1S/C23H24N4O3S/c1-30-21-7-3-2-6-19(21)22-20-14-17(15-24-23(20)26-25-22)16-8-10-18(11-9-16)31(28,29)27-12-4-5-13-27/h2-3,6-11,14H,4-5,12-13,15H2,1H3,(H2,24,25,26). The van der Waals surface area contributed by atoms with Gasteiger partial charge in [0.05, 0.1) is 17.7 Å². The van der Waals surface area contributed by atoms with Crippen molar-refractivity contribution in [2.24, 2.45) is 0 Å². The van der Waals surface area contributed by atoms with Gasteiger partial charge < -0.3 is 10.1 Å². The van der Waals surface area contributed by atoms with Crippen molar-refractivity contribution in [1.82, 2.24) is 14.5 Å². The Hall–Kier alpha value is -3.10. The molecule has 1 fully saturated rings. The molecule has 0 spiro atoms. The smallest absolute Gasteiger partial charge is 0.243 e. The van der Waals surface area contributed by atoms with Gasteiger partial charge in [-0.1, -0.05) is 24.3 Å². The van der Waals surface area contributed by atoms with Crippen molar-refractivity contribution in [3.8, 4) is 17.0 Å². The molecule has 0 radical (unpaired) electrons. The van der Waals surface area contributed by atoms with Gasteiger partial charge in [0.1, 0.15) is 5.75 Å². The minimum atomic E-state index is -3.41. The predicted octanol–water partition coefficient (Wildman–Crippen LogP) is 3.84. The van der Waals surface area contributed by atoms with Crippen molar-refractivity contribution in [2.45, 2.75) is 17.7 Å². The quantitative estimate of drug-likeness (QED) is 0.635. The third-order valence-electron chi connectivity index (χ3n) is 5.87. The van der Waals surface area contributed by atoms with Gasteiger partial charge >= 0.3 is 0 Å². The summed E-state index contributed by atoms with van der Waals surface area (Å²) in [4.78, 5) is 0.348. The molecule has 0 amide bonds. The summed E-state index contributed by atoms with van der Waals surface area (Å²) in [5.74, 6) is 1.56. The zero-order valence-electron chi connectivity index (χ0n) is 17.3. The largest absolute Gasteiger partial charge is 0.496 e. The molecule has 160 valence electrons. The van der Waals surface area contributed by atoms with E-state index < -0.39 is 10.0 Å². The number of sulfonamides is 1. The van der Waals surface area contributed by atoms with Crippen LogP contribution in [0.3, 0.4) is 0 Å². The van der Waals surface area contributed by atoms with Gasteiger partial charge in [-0.25, -0.2) is 8.42 Å². The molecule has 1 saturated heterocycles. The molecule has 1 aromatic heterocycles. The maximum atomic E-state index is 12.8. The van der Waals surface area contributed by atoms with Gasteiger partial charge in [0.25, 0.3) is 0 Å². The van der Waals surface area contributed by atoms with Crippen LogP contribution in [0.15, 0.2) is 53.4 Å². The van der Waals surface area contributed by atoms with Crippen molar-refractivity contribution < 1.29 is 13.2 Å². The molecule has 3 heterocycles. The van der Waals surface area contributed by atoms with Crippen LogP contribution in [0.5, 0.6) is 5.75 Å². The monoisotopic (exact) mass is 436 g/mol. The van der Waals surface area contributed by atoms with Crippen LogP contribution in [-0.4, -0.2) is 49.7 Å². The summed E-state index contributed by atoms with van der Waals surface area (Å²) in [5.41, 5.74) is 4.82. The van der Waals surface area contributed by atoms with Crippen molar-refractivity contribution in [2.75, 3.05) is 32.1 Å². The maximum Gasteiger partial charge on any atom is 0.243 e. The molecule has 0 unspecified atom stereocenters. The summed E-state index contributed by atoms with van der Waals surface area (Å²) in [6, 6.07) is 15.0. The molecule has 2 aliphatic heterocycles. The van der Waals surface area contributed by atoms with Crippen LogP contribution in [0.4, 0.5) is 5.82 Å². The predicted molar refractivity (Wildman–Crippen MR) is 121 cm³/mol. The normalized spacial score (nSPS) is 16.5. The van der Waals surface area contributed by atoms with Crippen LogP contribution < -0.4 is 10.1 Å². The Morgan fingerprint density at radius 1 is 1.03 bits per heavy atom. The van der Waals surface area contributed by atoms with E-state index >= 15 is 0 Å². The lowest BCUT2D eigenvalue weighted by atomic mass is 9.98. The molecule has 7 nitrogen and oxygen atoms in total. The molecule has 0 aliphatic carbocycles. The van der Waals surface area contributed by atoms with Gasteiger partial charge in [0.2, 0.25) is 10.0 Å². The first-order chi connectivity index (χ1) is 15.1. The van der Waals surface area contributed by atoms with E-state index in [2.05, 4.69) is 21.6 Å². The molecule has 31 heavy (non-hydrogen) atoms. The number of fused-ring (bicyclic) bond motifs is 1. The lowest BCUT2D eigenvalue weighted by molar-refractivity contribution is 0.416. The average Bonchev–Trinajstić information content (AvgIpc) is 3.49. The molecule has 0 atom stereocenters. The Labute approximate surface area is 181 Å². The number of para-hydroxylation sites is 1. The number of nitrogens with zero attached hydrogens (tertiary/aromatic N) is 2. The minimum Gasteiger partial charge on any atom is -0.496 e. The van der Waals surface area contributed by atoms with E-state index in [4.69, 9.17) is 4.74 Å². The average molecular weight is 437 g/mol. The fourth-order valence-electron chi connectivity index (χ4n) is 4.19. The number of ether oxygens (including phenoxy) is 1. The number of methoxy groups -OCH3 is 1. The highest BCUT2D eigenvalue weighted by atomic mass is 32.2. The third-order valence-corrected chi connectivity index (χ3v) is 7.79.